The minimum absolute atomic E-state index is 0. The van der Waals surface area contributed by atoms with Gasteiger partial charge >= 0.3 is 0 Å². The van der Waals surface area contributed by atoms with Crippen molar-refractivity contribution in [2.75, 3.05) is 0 Å². The zero-order chi connectivity index (χ0) is 74.7. The van der Waals surface area contributed by atoms with E-state index in [-0.39, 0.29) is 85.7 Å². The maximum absolute atomic E-state index is 11.7. The van der Waals surface area contributed by atoms with Crippen LogP contribution in [0.5, 0.6) is 23.0 Å². The zero-order valence-electron chi connectivity index (χ0n) is 62.0. The van der Waals surface area contributed by atoms with Crippen molar-refractivity contribution < 1.29 is 81.3 Å². The second kappa shape index (κ2) is 33.0. The third-order valence-electron chi connectivity index (χ3n) is 17.8. The minimum Gasteiger partial charge on any atom is -0.507 e. The summed E-state index contributed by atoms with van der Waals surface area (Å²) in [7, 11) is 0. The monoisotopic (exact) mass is 1530 g/mol. The molecule has 0 aliphatic carbocycles. The Bertz CT molecular complexity index is 4890. The minimum atomic E-state index is -0.833. The van der Waals surface area contributed by atoms with E-state index < -0.39 is 11.9 Å². The van der Waals surface area contributed by atoms with Gasteiger partial charge in [-0.3, -0.25) is 29.5 Å². The molecule has 14 aromatic rings. The molecule has 6 aromatic carbocycles. The van der Waals surface area contributed by atoms with E-state index in [0.29, 0.717) is 112 Å². The van der Waals surface area contributed by atoms with Gasteiger partial charge in [0.2, 0.25) is 0 Å². The molecule has 19 heteroatoms. The second-order valence-electron chi connectivity index (χ2n) is 29.8. The maximum atomic E-state index is 11.7. The number of phenolic OH excluding ortho intramolecular Hbond substituents is 4. The predicted molar refractivity (Wildman–Crippen MR) is 423 cm³/mol. The molecule has 0 spiro atoms. The molecular formula is C88H88Cu2N8O9. The third-order valence-corrected chi connectivity index (χ3v) is 17.8. The molecule has 0 aliphatic heterocycles. The van der Waals surface area contributed by atoms with Crippen LogP contribution in [-0.2, 0) is 65.4 Å². The van der Waals surface area contributed by atoms with Crippen LogP contribution in [0, 0.1) is 0 Å². The van der Waals surface area contributed by atoms with Gasteiger partial charge in [0.15, 0.2) is 0 Å². The van der Waals surface area contributed by atoms with Crippen molar-refractivity contribution in [3.05, 3.63) is 241 Å². The number of benzene rings is 6. The van der Waals surface area contributed by atoms with E-state index in [9.17, 15) is 20.4 Å². The van der Waals surface area contributed by atoms with Gasteiger partial charge < -0.3 is 36.1 Å². The van der Waals surface area contributed by atoms with Crippen LogP contribution in [0.3, 0.4) is 0 Å². The van der Waals surface area contributed by atoms with Gasteiger partial charge in [-0.15, -0.1) is 0 Å². The molecule has 0 fully saturated rings. The Morgan fingerprint density at radius 3 is 0.589 bits per heavy atom. The number of aromatic hydroxyl groups is 4. The number of hydrogen-bond acceptors (Lipinski definition) is 14. The fourth-order valence-electron chi connectivity index (χ4n) is 12.1. The summed E-state index contributed by atoms with van der Waals surface area (Å²) < 4.78 is 0. The molecule has 107 heavy (non-hydrogen) atoms. The quantitative estimate of drug-likeness (QED) is 0.0609. The van der Waals surface area contributed by atoms with Crippen LogP contribution in [0.2, 0.25) is 0 Å². The number of fused-ring (bicyclic) bond motifs is 6. The molecule has 8 aromatic heterocycles. The number of rotatable bonds is 8. The Balaban J connectivity index is 0.000000265. The SMILES string of the molecule is CC(=O)O.CC(=O)O.CC(C)(C)c1cc(-c2ccccn2)c(O)c(-c2ccc3ccc4ccc(-c5cc(C(C)(C)C)cc(-c6ccccn6)c5O)nc4c3n2)c1.CC(C)(C)c1cc(-c2ccccn2)c(O)c(-c2ccc3ccc4ccc(-c5cc(C(C)(C)C)cc(-c6ccccn6)c5O)nc4c3n2)c1.O.[Cu].[Cu].[HH]. The van der Waals surface area contributed by atoms with E-state index >= 15 is 0 Å². The molecule has 0 saturated heterocycles. The molecule has 2 radical (unpaired) electrons. The summed E-state index contributed by atoms with van der Waals surface area (Å²) in [5.41, 5.74) is 16.9. The maximum Gasteiger partial charge on any atom is 0.300 e. The fraction of sp³-hybridized carbons (Fsp3) is 0.205. The van der Waals surface area contributed by atoms with Gasteiger partial charge in [-0.1, -0.05) is 156 Å². The molecule has 0 amide bonds. The number of carbonyl (C=O) groups is 2. The number of pyridine rings is 8. The number of aromatic nitrogens is 8. The Morgan fingerprint density at radius 1 is 0.280 bits per heavy atom. The van der Waals surface area contributed by atoms with Crippen LogP contribution in [0.4, 0.5) is 0 Å². The molecule has 8 N–H and O–H groups in total. The number of aliphatic carboxylic acids is 2. The van der Waals surface area contributed by atoms with Crippen LogP contribution in [0.25, 0.3) is 134 Å². The van der Waals surface area contributed by atoms with Gasteiger partial charge in [-0.05, 0) is 165 Å². The first-order valence-electron chi connectivity index (χ1n) is 34.2. The Hall–Kier alpha value is -11.3. The van der Waals surface area contributed by atoms with Crippen LogP contribution in [0.15, 0.2) is 219 Å². The molecule has 556 valence electrons. The molecule has 0 bridgehead atoms. The molecule has 0 aliphatic rings. The van der Waals surface area contributed by atoms with Crippen LogP contribution < -0.4 is 0 Å². The molecular weight excluding hydrogens is 1440 g/mol. The first-order chi connectivity index (χ1) is 49.2. The number of hydrogen-bond donors (Lipinski definition) is 6. The summed E-state index contributed by atoms with van der Waals surface area (Å²) in [6.07, 6.45) is 6.93. The van der Waals surface area contributed by atoms with Crippen molar-refractivity contribution in [3.8, 4) is 113 Å². The molecule has 14 rings (SSSR count). The first kappa shape index (κ1) is 81.4. The van der Waals surface area contributed by atoms with Gasteiger partial charge in [0.1, 0.15) is 23.0 Å². The van der Waals surface area contributed by atoms with Crippen molar-refractivity contribution in [1.82, 2.24) is 39.9 Å². The van der Waals surface area contributed by atoms with E-state index in [1.165, 1.54) is 0 Å². The summed E-state index contributed by atoms with van der Waals surface area (Å²) in [6.45, 7) is 28.0. The fourth-order valence-corrected chi connectivity index (χ4v) is 12.1. The molecule has 17 nitrogen and oxygen atoms in total. The smallest absolute Gasteiger partial charge is 0.300 e. The summed E-state index contributed by atoms with van der Waals surface area (Å²) in [5, 5.41) is 65.2. The Labute approximate surface area is 645 Å². The average Bonchev–Trinajstić information content (AvgIpc) is 0.758. The third kappa shape index (κ3) is 18.3. The standard InChI is InChI=1S/2C42H38N4O2.2C2H4O2.2Cu.H2O.H2/c2*1-41(2,3)27-21-29(33-11-7-9-19-43-33)39(47)31(23-27)35-17-15-25-13-14-26-16-18-36(46-38(26)37(25)45-35)32-24-28(42(4,5)6)22-30(40(32)48)34-12-8-10-20-44-34;2*1-2(3)4;;;;/h2*7-24,47-48H,1-6H3;2*1H3,(H,3,4);;;1H2;1H. The number of carboxylic acid groups (broad SMARTS) is 2. The van der Waals surface area contributed by atoms with Crippen molar-refractivity contribution in [3.63, 3.8) is 0 Å². The molecule has 0 atom stereocenters. The van der Waals surface area contributed by atoms with Crippen LogP contribution in [-0.4, -0.2) is 87.9 Å². The van der Waals surface area contributed by atoms with E-state index in [2.05, 4.69) is 103 Å². The van der Waals surface area contributed by atoms with Gasteiger partial charge in [0.05, 0.1) is 67.6 Å². The van der Waals surface area contributed by atoms with E-state index in [4.69, 9.17) is 39.7 Å². The van der Waals surface area contributed by atoms with Gasteiger partial charge in [0.25, 0.3) is 11.9 Å². The van der Waals surface area contributed by atoms with Crippen molar-refractivity contribution in [2.45, 2.75) is 119 Å². The normalized spacial score (nSPS) is 11.3. The van der Waals surface area contributed by atoms with Crippen LogP contribution in [0.1, 0.15) is 121 Å². The second-order valence-corrected chi connectivity index (χ2v) is 29.8. The number of nitrogens with zero attached hydrogens (tertiary/aromatic N) is 8. The largest absolute Gasteiger partial charge is 0.507 e. The number of phenols is 4. The zero-order valence-corrected chi connectivity index (χ0v) is 63.8. The van der Waals surface area contributed by atoms with E-state index in [0.717, 1.165) is 57.6 Å². The van der Waals surface area contributed by atoms with Crippen LogP contribution >= 0.6 is 0 Å². The number of carboxylic acids is 2. The van der Waals surface area contributed by atoms with Gasteiger partial charge in [-0.25, -0.2) is 19.9 Å². The molecule has 8 heterocycles. The molecule has 0 unspecified atom stereocenters. The summed E-state index contributed by atoms with van der Waals surface area (Å²) in [5.74, 6) is -1.14. The topological polar surface area (TPSA) is 290 Å². The van der Waals surface area contributed by atoms with Crippen molar-refractivity contribution in [1.29, 1.82) is 0 Å². The average molecular weight is 1530 g/mol. The van der Waals surface area contributed by atoms with E-state index in [1.54, 1.807) is 24.8 Å². The molecule has 0 saturated carbocycles. The summed E-state index contributed by atoms with van der Waals surface area (Å²) in [4.78, 5) is 56.8. The van der Waals surface area contributed by atoms with E-state index in [1.807, 2.05) is 194 Å². The van der Waals surface area contributed by atoms with Gasteiger partial charge in [-0.2, -0.15) is 0 Å². The Morgan fingerprint density at radius 2 is 0.439 bits per heavy atom. The van der Waals surface area contributed by atoms with Gasteiger partial charge in [0, 0.05) is 140 Å². The Kier molecular flexibility index (Phi) is 25.1. The van der Waals surface area contributed by atoms with Crippen molar-refractivity contribution in [2.24, 2.45) is 0 Å². The summed E-state index contributed by atoms with van der Waals surface area (Å²) in [6, 6.07) is 62.9. The predicted octanol–water partition coefficient (Wildman–Crippen LogP) is 20.1. The first-order valence-corrected chi connectivity index (χ1v) is 34.2. The van der Waals surface area contributed by atoms with Crippen molar-refractivity contribution >= 4 is 55.6 Å². The summed E-state index contributed by atoms with van der Waals surface area (Å²) >= 11 is 0.